The number of piperazine rings is 1. The van der Waals surface area contributed by atoms with Crippen molar-refractivity contribution in [1.82, 2.24) is 20.2 Å². The van der Waals surface area contributed by atoms with Crippen LogP contribution in [0.15, 0.2) is 6.20 Å². The van der Waals surface area contributed by atoms with Crippen LogP contribution in [-0.4, -0.2) is 54.1 Å². The molecule has 0 amide bonds. The van der Waals surface area contributed by atoms with E-state index in [1.165, 1.54) is 24.2 Å². The van der Waals surface area contributed by atoms with Crippen molar-refractivity contribution >= 4 is 5.95 Å². The summed E-state index contributed by atoms with van der Waals surface area (Å²) in [6.07, 6.45) is 4.33. The highest BCUT2D eigenvalue weighted by molar-refractivity contribution is 5.34. The molecule has 2 aliphatic rings. The van der Waals surface area contributed by atoms with Gasteiger partial charge in [-0.2, -0.15) is 0 Å². The Balaban J connectivity index is 1.73. The molecule has 1 N–H and O–H groups in total. The minimum absolute atomic E-state index is 0.921. The van der Waals surface area contributed by atoms with Crippen LogP contribution >= 0.6 is 0 Å². The van der Waals surface area contributed by atoms with Crippen LogP contribution in [0.1, 0.15) is 24.6 Å². The number of aromatic nitrogens is 2. The van der Waals surface area contributed by atoms with E-state index in [-0.39, 0.29) is 0 Å². The Morgan fingerprint density at radius 2 is 2.11 bits per heavy atom. The van der Waals surface area contributed by atoms with E-state index in [4.69, 9.17) is 4.98 Å². The van der Waals surface area contributed by atoms with Crippen molar-refractivity contribution in [2.24, 2.45) is 0 Å². The lowest BCUT2D eigenvalue weighted by Gasteiger charge is -2.30. The highest BCUT2D eigenvalue weighted by Crippen LogP contribution is 2.19. The van der Waals surface area contributed by atoms with E-state index in [9.17, 15) is 0 Å². The highest BCUT2D eigenvalue weighted by atomic mass is 15.3. The van der Waals surface area contributed by atoms with Gasteiger partial charge in [-0.25, -0.2) is 9.97 Å². The van der Waals surface area contributed by atoms with Gasteiger partial charge < -0.3 is 10.2 Å². The van der Waals surface area contributed by atoms with Gasteiger partial charge in [-0.3, -0.25) is 4.90 Å². The summed E-state index contributed by atoms with van der Waals surface area (Å²) in [5.74, 6) is 0.921. The average molecular weight is 261 g/mol. The molecule has 0 radical (unpaired) electrons. The van der Waals surface area contributed by atoms with Crippen molar-refractivity contribution in [3.63, 3.8) is 0 Å². The van der Waals surface area contributed by atoms with Crippen LogP contribution in [0.2, 0.25) is 0 Å². The van der Waals surface area contributed by atoms with Crippen molar-refractivity contribution in [2.75, 3.05) is 44.2 Å². The molecule has 5 heteroatoms. The van der Waals surface area contributed by atoms with E-state index in [2.05, 4.69) is 27.0 Å². The molecule has 0 spiro atoms. The third-order valence-electron chi connectivity index (χ3n) is 3.94. The monoisotopic (exact) mass is 261 g/mol. The maximum absolute atomic E-state index is 4.79. The number of rotatable bonds is 3. The molecule has 2 aliphatic heterocycles. The van der Waals surface area contributed by atoms with Gasteiger partial charge in [0.25, 0.3) is 0 Å². The van der Waals surface area contributed by atoms with Crippen molar-refractivity contribution in [2.45, 2.75) is 26.3 Å². The fourth-order valence-electron chi connectivity index (χ4n) is 2.89. The molecule has 1 aromatic heterocycles. The van der Waals surface area contributed by atoms with E-state index in [0.29, 0.717) is 0 Å². The lowest BCUT2D eigenvalue weighted by atomic mass is 10.1. The van der Waals surface area contributed by atoms with Crippen LogP contribution in [0, 0.1) is 0 Å². The first-order valence-corrected chi connectivity index (χ1v) is 7.39. The van der Waals surface area contributed by atoms with Crippen molar-refractivity contribution in [3.05, 3.63) is 17.5 Å². The van der Waals surface area contributed by atoms with Gasteiger partial charge in [0, 0.05) is 57.4 Å². The Hall–Kier alpha value is -1.20. The van der Waals surface area contributed by atoms with Crippen LogP contribution in [0.5, 0.6) is 0 Å². The van der Waals surface area contributed by atoms with Gasteiger partial charge in [0.15, 0.2) is 0 Å². The van der Waals surface area contributed by atoms with E-state index in [0.717, 1.165) is 51.6 Å². The zero-order valence-corrected chi connectivity index (χ0v) is 11.7. The van der Waals surface area contributed by atoms with Gasteiger partial charge in [-0.05, 0) is 13.0 Å². The molecular formula is C14H23N5. The molecule has 1 fully saturated rings. The van der Waals surface area contributed by atoms with E-state index in [1.54, 1.807) is 0 Å². The Kier molecular flexibility index (Phi) is 3.94. The summed E-state index contributed by atoms with van der Waals surface area (Å²) in [4.78, 5) is 14.1. The second-order valence-corrected chi connectivity index (χ2v) is 5.41. The third kappa shape index (κ3) is 2.87. The standard InChI is InChI=1S/C14H23N5/c1-2-6-18-7-3-13-12(11-18)10-16-14(17-13)19-8-4-15-5-9-19/h10,15H,2-9,11H2,1H3. The number of hydrogen-bond donors (Lipinski definition) is 1. The first-order chi connectivity index (χ1) is 9.36. The molecule has 0 aliphatic carbocycles. The Morgan fingerprint density at radius 3 is 2.89 bits per heavy atom. The molecule has 19 heavy (non-hydrogen) atoms. The molecule has 0 bridgehead atoms. The predicted molar refractivity (Wildman–Crippen MR) is 76.4 cm³/mol. The topological polar surface area (TPSA) is 44.3 Å². The van der Waals surface area contributed by atoms with Gasteiger partial charge in [-0.15, -0.1) is 0 Å². The fraction of sp³-hybridized carbons (Fsp3) is 0.714. The lowest BCUT2D eigenvalue weighted by Crippen LogP contribution is -2.44. The SMILES string of the molecule is CCCN1CCc2nc(N3CCNCC3)ncc2C1. The van der Waals surface area contributed by atoms with Gasteiger partial charge in [-0.1, -0.05) is 6.92 Å². The third-order valence-corrected chi connectivity index (χ3v) is 3.94. The number of nitrogens with zero attached hydrogens (tertiary/aromatic N) is 4. The molecule has 0 saturated carbocycles. The Bertz CT molecular complexity index is 428. The molecule has 1 aromatic rings. The Morgan fingerprint density at radius 1 is 1.26 bits per heavy atom. The smallest absolute Gasteiger partial charge is 0.225 e. The summed E-state index contributed by atoms with van der Waals surface area (Å²) in [7, 11) is 0. The molecule has 1 saturated heterocycles. The van der Waals surface area contributed by atoms with E-state index >= 15 is 0 Å². The first-order valence-electron chi connectivity index (χ1n) is 7.39. The molecule has 104 valence electrons. The summed E-state index contributed by atoms with van der Waals surface area (Å²) >= 11 is 0. The predicted octanol–water partition coefficient (Wildman–Crippen LogP) is 0.654. The highest BCUT2D eigenvalue weighted by Gasteiger charge is 2.20. The summed E-state index contributed by atoms with van der Waals surface area (Å²) in [5, 5.41) is 3.36. The molecule has 3 heterocycles. The van der Waals surface area contributed by atoms with E-state index in [1.807, 2.05) is 6.20 Å². The minimum Gasteiger partial charge on any atom is -0.338 e. The van der Waals surface area contributed by atoms with Crippen LogP contribution in [0.25, 0.3) is 0 Å². The van der Waals surface area contributed by atoms with Gasteiger partial charge in [0.1, 0.15) is 0 Å². The second-order valence-electron chi connectivity index (χ2n) is 5.41. The summed E-state index contributed by atoms with van der Waals surface area (Å²) in [6, 6.07) is 0. The number of nitrogens with one attached hydrogen (secondary N) is 1. The molecule has 0 atom stereocenters. The van der Waals surface area contributed by atoms with Crippen LogP contribution < -0.4 is 10.2 Å². The lowest BCUT2D eigenvalue weighted by molar-refractivity contribution is 0.252. The zero-order chi connectivity index (χ0) is 13.1. The maximum Gasteiger partial charge on any atom is 0.225 e. The van der Waals surface area contributed by atoms with Crippen molar-refractivity contribution in [1.29, 1.82) is 0 Å². The van der Waals surface area contributed by atoms with Crippen molar-refractivity contribution in [3.8, 4) is 0 Å². The van der Waals surface area contributed by atoms with Gasteiger partial charge in [0.05, 0.1) is 5.69 Å². The molecule has 0 aromatic carbocycles. The van der Waals surface area contributed by atoms with Gasteiger partial charge in [0.2, 0.25) is 5.95 Å². The normalized spacial score (nSPS) is 20.4. The van der Waals surface area contributed by atoms with Crippen LogP contribution in [0.3, 0.4) is 0 Å². The largest absolute Gasteiger partial charge is 0.338 e. The molecular weight excluding hydrogens is 238 g/mol. The zero-order valence-electron chi connectivity index (χ0n) is 11.7. The molecule has 3 rings (SSSR count). The number of fused-ring (bicyclic) bond motifs is 1. The first kappa shape index (κ1) is 12.8. The van der Waals surface area contributed by atoms with Crippen molar-refractivity contribution < 1.29 is 0 Å². The average Bonchev–Trinajstić information content (AvgIpc) is 2.48. The van der Waals surface area contributed by atoms with Crippen LogP contribution in [-0.2, 0) is 13.0 Å². The summed E-state index contributed by atoms with van der Waals surface area (Å²) in [5.41, 5.74) is 2.58. The summed E-state index contributed by atoms with van der Waals surface area (Å²) in [6.45, 7) is 9.67. The molecule has 5 nitrogen and oxygen atoms in total. The van der Waals surface area contributed by atoms with Gasteiger partial charge >= 0.3 is 0 Å². The minimum atomic E-state index is 0.921. The number of hydrogen-bond acceptors (Lipinski definition) is 5. The summed E-state index contributed by atoms with van der Waals surface area (Å²) < 4.78 is 0. The maximum atomic E-state index is 4.79. The van der Waals surface area contributed by atoms with Crippen LogP contribution in [0.4, 0.5) is 5.95 Å². The van der Waals surface area contributed by atoms with E-state index < -0.39 is 0 Å². The fourth-order valence-corrected chi connectivity index (χ4v) is 2.89. The quantitative estimate of drug-likeness (QED) is 0.866. The Labute approximate surface area is 115 Å². The second kappa shape index (κ2) is 5.84. The number of anilines is 1. The molecule has 0 unspecified atom stereocenters.